The first-order chi connectivity index (χ1) is 15.5. The van der Waals surface area contributed by atoms with E-state index in [1.807, 2.05) is 0 Å². The van der Waals surface area contributed by atoms with Gasteiger partial charge in [-0.25, -0.2) is 4.73 Å². The fraction of sp³-hybridized carbons (Fsp3) is 0.143. The molecule has 0 radical (unpaired) electrons. The van der Waals surface area contributed by atoms with Gasteiger partial charge in [-0.05, 0) is 36.4 Å². The van der Waals surface area contributed by atoms with Gasteiger partial charge in [-0.2, -0.15) is 0 Å². The fourth-order valence-electron chi connectivity index (χ4n) is 3.02. The number of hydrogen-bond acceptors (Lipinski definition) is 8. The van der Waals surface area contributed by atoms with Crippen LogP contribution in [0.4, 0.5) is 5.95 Å². The summed E-state index contributed by atoms with van der Waals surface area (Å²) in [5.74, 6) is -0.746. The SMILES string of the molecule is O=C(CCNc1n[n+]([O-])c2cc(Br)ccc2[n+]1[O-])OC(c1ccccn1)c1ccccn1. The number of nitrogens with one attached hydrogen (secondary N) is 1. The third-order valence-electron chi connectivity index (χ3n) is 4.51. The minimum atomic E-state index is -0.768. The molecular formula is C21H17BrN6O4. The van der Waals surface area contributed by atoms with Crippen LogP contribution < -0.4 is 14.9 Å². The van der Waals surface area contributed by atoms with Crippen LogP contribution in [0.5, 0.6) is 0 Å². The van der Waals surface area contributed by atoms with Gasteiger partial charge < -0.3 is 15.2 Å². The van der Waals surface area contributed by atoms with Gasteiger partial charge in [0.1, 0.15) is 0 Å². The number of carbonyl (C=O) groups is 1. The predicted molar refractivity (Wildman–Crippen MR) is 117 cm³/mol. The van der Waals surface area contributed by atoms with Crippen molar-refractivity contribution in [3.8, 4) is 0 Å². The minimum absolute atomic E-state index is 0.0350. The minimum Gasteiger partial charge on any atom is -0.739 e. The predicted octanol–water partition coefficient (Wildman–Crippen LogP) is 2.19. The number of carbonyl (C=O) groups excluding carboxylic acids is 1. The second-order valence-electron chi connectivity index (χ2n) is 6.68. The molecule has 4 aromatic rings. The van der Waals surface area contributed by atoms with E-state index in [4.69, 9.17) is 4.74 Å². The first-order valence-corrected chi connectivity index (χ1v) is 10.4. The topological polar surface area (TPSA) is 131 Å². The normalized spacial score (nSPS) is 10.9. The van der Waals surface area contributed by atoms with Crippen molar-refractivity contribution in [1.29, 1.82) is 0 Å². The number of aromatic nitrogens is 5. The molecule has 32 heavy (non-hydrogen) atoms. The summed E-state index contributed by atoms with van der Waals surface area (Å²) < 4.78 is 6.77. The van der Waals surface area contributed by atoms with Crippen molar-refractivity contribution in [1.82, 2.24) is 15.1 Å². The Labute approximate surface area is 190 Å². The van der Waals surface area contributed by atoms with Gasteiger partial charge in [0.05, 0.1) is 24.4 Å². The molecule has 0 aliphatic carbocycles. The molecule has 0 fully saturated rings. The summed E-state index contributed by atoms with van der Waals surface area (Å²) in [6.07, 6.45) is 2.37. The molecule has 0 saturated heterocycles. The summed E-state index contributed by atoms with van der Waals surface area (Å²) in [5, 5.41) is 31.1. The van der Waals surface area contributed by atoms with Gasteiger partial charge in [0.25, 0.3) is 0 Å². The summed E-state index contributed by atoms with van der Waals surface area (Å²) in [4.78, 5) is 21.4. The molecule has 3 heterocycles. The van der Waals surface area contributed by atoms with Crippen LogP contribution in [0.15, 0.2) is 71.5 Å². The third kappa shape index (κ3) is 4.72. The zero-order valence-corrected chi connectivity index (χ0v) is 18.2. The number of benzene rings is 1. The van der Waals surface area contributed by atoms with Gasteiger partial charge in [0.2, 0.25) is 5.10 Å². The molecule has 0 amide bonds. The van der Waals surface area contributed by atoms with Gasteiger partial charge in [-0.3, -0.25) is 20.1 Å². The van der Waals surface area contributed by atoms with Crippen molar-refractivity contribution in [3.63, 3.8) is 0 Å². The highest BCUT2D eigenvalue weighted by Gasteiger charge is 2.23. The van der Waals surface area contributed by atoms with Gasteiger partial charge in [-0.15, -0.1) is 0 Å². The highest BCUT2D eigenvalue weighted by Crippen LogP contribution is 2.23. The summed E-state index contributed by atoms with van der Waals surface area (Å²) in [6, 6.07) is 15.3. The Hall–Kier alpha value is -3.86. The highest BCUT2D eigenvalue weighted by atomic mass is 79.9. The van der Waals surface area contributed by atoms with Crippen LogP contribution in [0.3, 0.4) is 0 Å². The number of hydrogen-bond donors (Lipinski definition) is 1. The van der Waals surface area contributed by atoms with Crippen LogP contribution in [0.1, 0.15) is 23.9 Å². The Morgan fingerprint density at radius 1 is 1.03 bits per heavy atom. The van der Waals surface area contributed by atoms with Crippen LogP contribution in [-0.2, 0) is 9.53 Å². The maximum absolute atomic E-state index is 12.5. The van der Waals surface area contributed by atoms with E-state index in [0.717, 1.165) is 0 Å². The van der Waals surface area contributed by atoms with Gasteiger partial charge in [0, 0.05) is 27.8 Å². The van der Waals surface area contributed by atoms with E-state index in [-0.39, 0.29) is 29.9 Å². The molecule has 0 aliphatic heterocycles. The molecule has 0 spiro atoms. The van der Waals surface area contributed by atoms with Crippen molar-refractivity contribution < 1.29 is 19.1 Å². The van der Waals surface area contributed by atoms with Crippen LogP contribution >= 0.6 is 15.9 Å². The molecule has 3 aromatic heterocycles. The third-order valence-corrected chi connectivity index (χ3v) is 5.01. The Morgan fingerprint density at radius 2 is 1.72 bits per heavy atom. The summed E-state index contributed by atoms with van der Waals surface area (Å²) in [5.41, 5.74) is 1.35. The highest BCUT2D eigenvalue weighted by molar-refractivity contribution is 9.10. The second-order valence-corrected chi connectivity index (χ2v) is 7.60. The van der Waals surface area contributed by atoms with E-state index in [1.54, 1.807) is 54.9 Å². The second kappa shape index (κ2) is 9.52. The van der Waals surface area contributed by atoms with Gasteiger partial charge in [-0.1, -0.05) is 28.1 Å². The largest absolute Gasteiger partial charge is 0.739 e. The molecular weight excluding hydrogens is 480 g/mol. The number of halogens is 1. The smallest absolute Gasteiger partial charge is 0.460 e. The van der Waals surface area contributed by atoms with Gasteiger partial charge in [0.15, 0.2) is 11.6 Å². The lowest BCUT2D eigenvalue weighted by molar-refractivity contribution is -0.672. The number of pyridine rings is 2. The maximum Gasteiger partial charge on any atom is 0.460 e. The van der Waals surface area contributed by atoms with Crippen LogP contribution in [0.2, 0.25) is 0 Å². The first-order valence-electron chi connectivity index (χ1n) is 9.61. The maximum atomic E-state index is 12.5. The summed E-state index contributed by atoms with van der Waals surface area (Å²) in [6.45, 7) is 0.0350. The molecule has 4 rings (SSSR count). The van der Waals surface area contributed by atoms with Crippen molar-refractivity contribution in [2.75, 3.05) is 11.9 Å². The lowest BCUT2D eigenvalue weighted by Crippen LogP contribution is -2.44. The van der Waals surface area contributed by atoms with E-state index >= 15 is 0 Å². The number of ether oxygens (including phenoxy) is 1. The average Bonchev–Trinajstić information content (AvgIpc) is 2.82. The monoisotopic (exact) mass is 496 g/mol. The number of nitrogens with zero attached hydrogens (tertiary/aromatic N) is 5. The Kier molecular flexibility index (Phi) is 6.36. The standard InChI is InChI=1S/C21H17BrN6O4/c22-14-7-8-17-18(13-14)28(31)26-21(27(17)30)25-12-9-19(29)32-20(15-5-1-3-10-23-15)16-6-2-4-11-24-16/h1-8,10-11,13,20H,9,12H2,(H,25,26). The van der Waals surface area contributed by atoms with Crippen molar-refractivity contribution in [3.05, 3.63) is 93.3 Å². The number of fused-ring (bicyclic) bond motifs is 1. The number of esters is 1. The molecule has 1 N–H and O–H groups in total. The molecule has 0 unspecified atom stereocenters. The molecule has 0 aliphatic rings. The first kappa shape index (κ1) is 21.4. The van der Waals surface area contributed by atoms with E-state index < -0.39 is 12.1 Å². The van der Waals surface area contributed by atoms with Crippen LogP contribution in [-0.4, -0.2) is 27.6 Å². The Morgan fingerprint density at radius 3 is 2.34 bits per heavy atom. The Balaban J connectivity index is 1.44. The zero-order chi connectivity index (χ0) is 22.5. The van der Waals surface area contributed by atoms with E-state index in [1.165, 1.54) is 12.1 Å². The molecule has 0 atom stereocenters. The quantitative estimate of drug-likeness (QED) is 0.234. The molecule has 1 aromatic carbocycles. The summed E-state index contributed by atoms with van der Waals surface area (Å²) in [7, 11) is 0. The van der Waals surface area contributed by atoms with Crippen molar-refractivity contribution in [2.24, 2.45) is 0 Å². The molecule has 10 nitrogen and oxygen atoms in total. The van der Waals surface area contributed by atoms with E-state index in [0.29, 0.717) is 25.4 Å². The van der Waals surface area contributed by atoms with Crippen LogP contribution in [0, 0.1) is 10.4 Å². The Bertz CT molecular complexity index is 1200. The lowest BCUT2D eigenvalue weighted by atomic mass is 10.1. The molecule has 0 saturated carbocycles. The molecule has 11 heteroatoms. The number of rotatable bonds is 7. The van der Waals surface area contributed by atoms with Crippen molar-refractivity contribution >= 4 is 38.9 Å². The number of anilines is 1. The summed E-state index contributed by atoms with van der Waals surface area (Å²) >= 11 is 3.25. The van der Waals surface area contributed by atoms with E-state index in [9.17, 15) is 15.2 Å². The zero-order valence-electron chi connectivity index (χ0n) is 16.6. The van der Waals surface area contributed by atoms with Crippen molar-refractivity contribution in [2.45, 2.75) is 12.5 Å². The van der Waals surface area contributed by atoms with Crippen LogP contribution in [0.25, 0.3) is 11.0 Å². The molecule has 0 bridgehead atoms. The fourth-order valence-corrected chi connectivity index (χ4v) is 3.37. The lowest BCUT2D eigenvalue weighted by Gasteiger charge is -2.17. The van der Waals surface area contributed by atoms with Gasteiger partial charge >= 0.3 is 17.4 Å². The van der Waals surface area contributed by atoms with E-state index in [2.05, 4.69) is 36.3 Å². The average molecular weight is 497 g/mol. The molecule has 162 valence electrons.